The van der Waals surface area contributed by atoms with Crippen LogP contribution in [0, 0.1) is 10.5 Å². The molecule has 0 unspecified atom stereocenters. The average Bonchev–Trinajstić information content (AvgIpc) is 2.28. The van der Waals surface area contributed by atoms with E-state index in [4.69, 9.17) is 0 Å². The van der Waals surface area contributed by atoms with Gasteiger partial charge in [-0.05, 0) is 35.6 Å². The van der Waals surface area contributed by atoms with Gasteiger partial charge in [-0.25, -0.2) is 4.98 Å². The Labute approximate surface area is 83.9 Å². The molecule has 0 saturated carbocycles. The number of aromatic nitrogens is 3. The van der Waals surface area contributed by atoms with Crippen molar-refractivity contribution in [2.45, 2.75) is 6.92 Å². The van der Waals surface area contributed by atoms with Crippen LogP contribution >= 0.6 is 22.6 Å². The minimum absolute atomic E-state index is 0.952. The molecule has 12 heavy (non-hydrogen) atoms. The van der Waals surface area contributed by atoms with Gasteiger partial charge in [-0.15, -0.1) is 0 Å². The van der Waals surface area contributed by atoms with E-state index in [0.29, 0.717) is 0 Å². The molecule has 0 saturated heterocycles. The second-order valence-corrected chi connectivity index (χ2v) is 3.98. The van der Waals surface area contributed by atoms with Crippen LogP contribution in [0.4, 0.5) is 0 Å². The van der Waals surface area contributed by atoms with E-state index < -0.39 is 0 Å². The van der Waals surface area contributed by atoms with Gasteiger partial charge in [-0.3, -0.25) is 4.68 Å². The van der Waals surface area contributed by atoms with Gasteiger partial charge in [0.05, 0.1) is 5.69 Å². The summed E-state index contributed by atoms with van der Waals surface area (Å²) in [5.74, 6) is 0. The van der Waals surface area contributed by atoms with E-state index in [9.17, 15) is 0 Å². The minimum atomic E-state index is 0.952. The Morgan fingerprint density at radius 3 is 3.00 bits per heavy atom. The molecule has 4 heteroatoms. The molecule has 0 N–H and O–H groups in total. The lowest BCUT2D eigenvalue weighted by molar-refractivity contribution is 0.774. The topological polar surface area (TPSA) is 30.7 Å². The van der Waals surface area contributed by atoms with E-state index in [1.54, 1.807) is 4.68 Å². The Morgan fingerprint density at radius 1 is 1.50 bits per heavy atom. The number of fused-ring (bicyclic) bond motifs is 1. The molecule has 2 heterocycles. The van der Waals surface area contributed by atoms with Gasteiger partial charge in [-0.2, -0.15) is 5.10 Å². The van der Waals surface area contributed by atoms with Crippen molar-refractivity contribution in [2.24, 2.45) is 7.05 Å². The van der Waals surface area contributed by atoms with Crippen molar-refractivity contribution >= 4 is 33.6 Å². The molecule has 0 spiro atoms. The molecular weight excluding hydrogens is 265 g/mol. The van der Waals surface area contributed by atoms with E-state index in [-0.39, 0.29) is 0 Å². The highest BCUT2D eigenvalue weighted by Gasteiger charge is 2.04. The summed E-state index contributed by atoms with van der Waals surface area (Å²) in [5.41, 5.74) is 1.99. The number of aryl methyl sites for hydroxylation is 2. The van der Waals surface area contributed by atoms with Gasteiger partial charge in [0.2, 0.25) is 0 Å². The van der Waals surface area contributed by atoms with Crippen LogP contribution in [0.3, 0.4) is 0 Å². The molecule has 0 radical (unpaired) electrons. The predicted octanol–water partition coefficient (Wildman–Crippen LogP) is 1.88. The average molecular weight is 273 g/mol. The van der Waals surface area contributed by atoms with Crippen LogP contribution in [0.1, 0.15) is 5.69 Å². The molecule has 2 aromatic heterocycles. The lowest BCUT2D eigenvalue weighted by Gasteiger charge is -1.92. The first-order valence-electron chi connectivity index (χ1n) is 3.63. The number of rotatable bonds is 0. The lowest BCUT2D eigenvalue weighted by atomic mass is 10.3. The van der Waals surface area contributed by atoms with Gasteiger partial charge in [0, 0.05) is 22.2 Å². The highest BCUT2D eigenvalue weighted by atomic mass is 127. The van der Waals surface area contributed by atoms with Gasteiger partial charge < -0.3 is 0 Å². The number of halogens is 1. The Kier molecular flexibility index (Phi) is 1.79. The zero-order valence-corrected chi connectivity index (χ0v) is 9.03. The summed E-state index contributed by atoms with van der Waals surface area (Å²) in [4.78, 5) is 4.29. The SMILES string of the molecule is Cc1nn(C)c2ncc(I)cc12. The van der Waals surface area contributed by atoms with Crippen molar-refractivity contribution in [1.82, 2.24) is 14.8 Å². The quantitative estimate of drug-likeness (QED) is 0.686. The van der Waals surface area contributed by atoms with Crippen molar-refractivity contribution in [3.8, 4) is 0 Å². The Balaban J connectivity index is 2.90. The third-order valence-corrected chi connectivity index (χ3v) is 2.42. The summed E-state index contributed by atoms with van der Waals surface area (Å²) in [6, 6.07) is 2.10. The summed E-state index contributed by atoms with van der Waals surface area (Å²) in [7, 11) is 1.91. The van der Waals surface area contributed by atoms with Gasteiger partial charge in [0.1, 0.15) is 0 Å². The Hall–Kier alpha value is -0.650. The molecule has 0 aliphatic heterocycles. The van der Waals surface area contributed by atoms with Crippen molar-refractivity contribution in [1.29, 1.82) is 0 Å². The molecule has 0 bridgehead atoms. The lowest BCUT2D eigenvalue weighted by Crippen LogP contribution is -1.91. The first-order chi connectivity index (χ1) is 5.68. The van der Waals surface area contributed by atoms with Crippen molar-refractivity contribution < 1.29 is 0 Å². The molecule has 0 atom stereocenters. The van der Waals surface area contributed by atoms with Crippen molar-refractivity contribution in [3.63, 3.8) is 0 Å². The van der Waals surface area contributed by atoms with Crippen LogP contribution in [-0.4, -0.2) is 14.8 Å². The second-order valence-electron chi connectivity index (χ2n) is 2.73. The molecule has 0 amide bonds. The molecule has 62 valence electrons. The monoisotopic (exact) mass is 273 g/mol. The molecule has 3 nitrogen and oxygen atoms in total. The zero-order chi connectivity index (χ0) is 8.72. The zero-order valence-electron chi connectivity index (χ0n) is 6.87. The van der Waals surface area contributed by atoms with Gasteiger partial charge in [0.15, 0.2) is 5.65 Å². The fourth-order valence-electron chi connectivity index (χ4n) is 1.28. The van der Waals surface area contributed by atoms with Gasteiger partial charge >= 0.3 is 0 Å². The Bertz CT molecular complexity index is 433. The van der Waals surface area contributed by atoms with E-state index in [1.807, 2.05) is 20.2 Å². The maximum absolute atomic E-state index is 4.29. The van der Waals surface area contributed by atoms with E-state index >= 15 is 0 Å². The van der Waals surface area contributed by atoms with E-state index in [1.165, 1.54) is 0 Å². The summed E-state index contributed by atoms with van der Waals surface area (Å²) in [6.07, 6.45) is 1.85. The van der Waals surface area contributed by atoms with Gasteiger partial charge in [0.25, 0.3) is 0 Å². The van der Waals surface area contributed by atoms with Crippen LogP contribution in [-0.2, 0) is 7.05 Å². The van der Waals surface area contributed by atoms with Crippen molar-refractivity contribution in [3.05, 3.63) is 21.5 Å². The van der Waals surface area contributed by atoms with E-state index in [2.05, 4.69) is 38.7 Å². The number of pyridine rings is 1. The Morgan fingerprint density at radius 2 is 2.25 bits per heavy atom. The van der Waals surface area contributed by atoms with Crippen LogP contribution in [0.2, 0.25) is 0 Å². The minimum Gasteiger partial charge on any atom is -0.250 e. The van der Waals surface area contributed by atoms with Crippen LogP contribution in [0.25, 0.3) is 11.0 Å². The molecule has 2 rings (SSSR count). The number of hydrogen-bond donors (Lipinski definition) is 0. The third kappa shape index (κ3) is 1.10. The summed E-state index contributed by atoms with van der Waals surface area (Å²) >= 11 is 2.25. The van der Waals surface area contributed by atoms with Crippen LogP contribution < -0.4 is 0 Å². The largest absolute Gasteiger partial charge is 0.250 e. The first-order valence-corrected chi connectivity index (χ1v) is 4.71. The maximum Gasteiger partial charge on any atom is 0.157 e. The molecule has 0 aromatic carbocycles. The summed E-state index contributed by atoms with van der Waals surface area (Å²) in [5, 5.41) is 5.43. The molecule has 2 aromatic rings. The van der Waals surface area contributed by atoms with Crippen molar-refractivity contribution in [2.75, 3.05) is 0 Å². The highest BCUT2D eigenvalue weighted by Crippen LogP contribution is 2.16. The van der Waals surface area contributed by atoms with E-state index in [0.717, 1.165) is 20.3 Å². The van der Waals surface area contributed by atoms with Crippen LogP contribution in [0.15, 0.2) is 12.3 Å². The standard InChI is InChI=1S/C8H8IN3/c1-5-7-3-6(9)4-10-8(7)12(2)11-5/h3-4H,1-2H3. The summed E-state index contributed by atoms with van der Waals surface area (Å²) < 4.78 is 2.96. The molecule has 0 fully saturated rings. The fourth-order valence-corrected chi connectivity index (χ4v) is 1.73. The second kappa shape index (κ2) is 2.69. The molecular formula is C8H8IN3. The number of hydrogen-bond acceptors (Lipinski definition) is 2. The normalized spacial score (nSPS) is 10.9. The predicted molar refractivity (Wildman–Crippen MR) is 56.0 cm³/mol. The molecule has 0 aliphatic carbocycles. The first kappa shape index (κ1) is 7.97. The smallest absolute Gasteiger partial charge is 0.157 e. The van der Waals surface area contributed by atoms with Gasteiger partial charge in [-0.1, -0.05) is 0 Å². The third-order valence-electron chi connectivity index (χ3n) is 1.83. The van der Waals surface area contributed by atoms with Crippen LogP contribution in [0.5, 0.6) is 0 Å². The maximum atomic E-state index is 4.29. The molecule has 0 aliphatic rings. The number of nitrogens with zero attached hydrogens (tertiary/aromatic N) is 3. The summed E-state index contributed by atoms with van der Waals surface area (Å²) in [6.45, 7) is 2.00. The highest BCUT2D eigenvalue weighted by molar-refractivity contribution is 14.1. The fraction of sp³-hybridized carbons (Fsp3) is 0.250.